The summed E-state index contributed by atoms with van der Waals surface area (Å²) in [5, 5.41) is 0. The molecule has 0 aliphatic rings. The molecular formula is C11H21NO. The summed E-state index contributed by atoms with van der Waals surface area (Å²) in [6.45, 7) is 6.18. The molecule has 0 fully saturated rings. The summed E-state index contributed by atoms with van der Waals surface area (Å²) in [5.41, 5.74) is -0.200. The topological polar surface area (TPSA) is 29.4 Å². The van der Waals surface area contributed by atoms with Crippen LogP contribution in [-0.2, 0) is 4.79 Å². The molecule has 0 unspecified atom stereocenters. The summed E-state index contributed by atoms with van der Waals surface area (Å²) < 4.78 is 0. The highest BCUT2D eigenvalue weighted by Crippen LogP contribution is 2.18. The van der Waals surface area contributed by atoms with Crippen molar-refractivity contribution in [3.63, 3.8) is 0 Å². The maximum Gasteiger partial charge on any atom is 0.235 e. The molecule has 0 rings (SSSR count). The van der Waals surface area contributed by atoms with Gasteiger partial charge in [-0.15, -0.1) is 0 Å². The van der Waals surface area contributed by atoms with Crippen molar-refractivity contribution < 1.29 is 4.79 Å². The first-order chi connectivity index (χ1) is 6.12. The molecule has 0 radical (unpaired) electrons. The molecule has 0 atom stereocenters. The smallest absolute Gasteiger partial charge is 0.211 e. The fourth-order valence-corrected chi connectivity index (χ4v) is 1.34. The lowest BCUT2D eigenvalue weighted by atomic mass is 9.97. The number of unbranched alkanes of at least 4 members (excludes halogenated alkanes) is 4. The third kappa shape index (κ3) is 7.73. The lowest BCUT2D eigenvalue weighted by molar-refractivity contribution is 0.440. The molecule has 76 valence electrons. The minimum atomic E-state index is -0.200. The molecule has 13 heavy (non-hydrogen) atoms. The van der Waals surface area contributed by atoms with Crippen molar-refractivity contribution in [3.8, 4) is 0 Å². The highest BCUT2D eigenvalue weighted by Gasteiger charge is 2.14. The lowest BCUT2D eigenvalue weighted by Gasteiger charge is -2.16. The van der Waals surface area contributed by atoms with Gasteiger partial charge >= 0.3 is 0 Å². The molecule has 2 nitrogen and oxygen atoms in total. The molecule has 0 saturated heterocycles. The standard InChI is InChI=1S/C11H21NO/c1-4-5-6-7-8-9-11(2,3)12-10-13/h4-9H2,1-3H3. The SMILES string of the molecule is CCCCCCCC(C)(C)N=C=O. The Bertz CT molecular complexity index is 169. The zero-order valence-electron chi connectivity index (χ0n) is 9.10. The average Bonchev–Trinajstić information content (AvgIpc) is 2.04. The van der Waals surface area contributed by atoms with E-state index in [9.17, 15) is 4.79 Å². The Hall–Kier alpha value is -0.620. The largest absolute Gasteiger partial charge is 0.235 e. The molecule has 0 saturated carbocycles. The van der Waals surface area contributed by atoms with Gasteiger partial charge in [-0.3, -0.25) is 0 Å². The van der Waals surface area contributed by atoms with Crippen molar-refractivity contribution in [2.24, 2.45) is 4.99 Å². The first kappa shape index (κ1) is 12.4. The fourth-order valence-electron chi connectivity index (χ4n) is 1.34. The maximum atomic E-state index is 10.1. The van der Waals surface area contributed by atoms with Gasteiger partial charge in [-0.1, -0.05) is 39.0 Å². The van der Waals surface area contributed by atoms with Crippen molar-refractivity contribution in [3.05, 3.63) is 0 Å². The Kier molecular flexibility index (Phi) is 6.52. The highest BCUT2D eigenvalue weighted by atomic mass is 16.1. The summed E-state index contributed by atoms with van der Waals surface area (Å²) in [6, 6.07) is 0. The molecule has 0 aromatic rings. The summed E-state index contributed by atoms with van der Waals surface area (Å²) in [4.78, 5) is 13.8. The molecule has 0 aliphatic heterocycles. The van der Waals surface area contributed by atoms with E-state index in [2.05, 4.69) is 11.9 Å². The predicted octanol–water partition coefficient (Wildman–Crippen LogP) is 3.46. The molecule has 0 aromatic heterocycles. The van der Waals surface area contributed by atoms with Gasteiger partial charge in [-0.25, -0.2) is 4.79 Å². The van der Waals surface area contributed by atoms with Crippen LogP contribution in [0.15, 0.2) is 4.99 Å². The summed E-state index contributed by atoms with van der Waals surface area (Å²) >= 11 is 0. The van der Waals surface area contributed by atoms with Crippen LogP contribution in [0.3, 0.4) is 0 Å². The number of rotatable bonds is 7. The zero-order chi connectivity index (χ0) is 10.2. The average molecular weight is 183 g/mol. The van der Waals surface area contributed by atoms with E-state index >= 15 is 0 Å². The van der Waals surface area contributed by atoms with Gasteiger partial charge in [0.1, 0.15) is 0 Å². The van der Waals surface area contributed by atoms with Crippen LogP contribution in [0.25, 0.3) is 0 Å². The number of aliphatic imine (C=N–C) groups is 1. The predicted molar refractivity (Wildman–Crippen MR) is 55.6 cm³/mol. The summed E-state index contributed by atoms with van der Waals surface area (Å²) in [6.07, 6.45) is 8.94. The van der Waals surface area contributed by atoms with E-state index in [4.69, 9.17) is 0 Å². The molecule has 0 aromatic carbocycles. The van der Waals surface area contributed by atoms with Crippen LogP contribution in [0.4, 0.5) is 0 Å². The Morgan fingerprint density at radius 3 is 2.31 bits per heavy atom. The normalized spacial score (nSPS) is 11.0. The zero-order valence-corrected chi connectivity index (χ0v) is 9.10. The maximum absolute atomic E-state index is 10.1. The number of isocyanates is 1. The molecule has 0 N–H and O–H groups in total. The van der Waals surface area contributed by atoms with Crippen molar-refractivity contribution in [1.29, 1.82) is 0 Å². The van der Waals surface area contributed by atoms with E-state index in [0.29, 0.717) is 0 Å². The summed E-state index contributed by atoms with van der Waals surface area (Å²) in [7, 11) is 0. The van der Waals surface area contributed by atoms with Crippen molar-refractivity contribution >= 4 is 6.08 Å². The van der Waals surface area contributed by atoms with Gasteiger partial charge in [0, 0.05) is 0 Å². The van der Waals surface area contributed by atoms with E-state index in [1.54, 1.807) is 6.08 Å². The van der Waals surface area contributed by atoms with Crippen LogP contribution >= 0.6 is 0 Å². The minimum absolute atomic E-state index is 0.200. The van der Waals surface area contributed by atoms with Gasteiger partial charge in [0.05, 0.1) is 5.54 Å². The first-order valence-electron chi connectivity index (χ1n) is 5.21. The lowest BCUT2D eigenvalue weighted by Crippen LogP contribution is -2.15. The molecule has 0 bridgehead atoms. The van der Waals surface area contributed by atoms with Gasteiger partial charge in [-0.05, 0) is 20.3 Å². The number of hydrogen-bond donors (Lipinski definition) is 0. The second-order valence-corrected chi connectivity index (χ2v) is 4.18. The van der Waals surface area contributed by atoms with Crippen LogP contribution < -0.4 is 0 Å². The quantitative estimate of drug-likeness (QED) is 0.337. The third-order valence-corrected chi connectivity index (χ3v) is 2.24. The Morgan fingerprint density at radius 1 is 1.15 bits per heavy atom. The van der Waals surface area contributed by atoms with E-state index in [-0.39, 0.29) is 5.54 Å². The highest BCUT2D eigenvalue weighted by molar-refractivity contribution is 5.34. The van der Waals surface area contributed by atoms with E-state index in [1.165, 1.54) is 25.7 Å². The van der Waals surface area contributed by atoms with Gasteiger partial charge in [0.2, 0.25) is 6.08 Å². The third-order valence-electron chi connectivity index (χ3n) is 2.24. The Morgan fingerprint density at radius 2 is 1.77 bits per heavy atom. The van der Waals surface area contributed by atoms with Gasteiger partial charge in [0.15, 0.2) is 0 Å². The van der Waals surface area contributed by atoms with E-state index in [1.807, 2.05) is 13.8 Å². The number of hydrogen-bond acceptors (Lipinski definition) is 2. The molecule has 0 heterocycles. The van der Waals surface area contributed by atoms with Crippen LogP contribution in [0.1, 0.15) is 59.3 Å². The van der Waals surface area contributed by atoms with Crippen molar-refractivity contribution in [2.75, 3.05) is 0 Å². The molecule has 0 amide bonds. The Balaban J connectivity index is 3.46. The second kappa shape index (κ2) is 6.85. The van der Waals surface area contributed by atoms with Crippen LogP contribution in [-0.4, -0.2) is 11.6 Å². The first-order valence-corrected chi connectivity index (χ1v) is 5.21. The second-order valence-electron chi connectivity index (χ2n) is 4.18. The van der Waals surface area contributed by atoms with E-state index < -0.39 is 0 Å². The molecule has 2 heteroatoms. The minimum Gasteiger partial charge on any atom is -0.211 e. The van der Waals surface area contributed by atoms with Crippen molar-refractivity contribution in [2.45, 2.75) is 64.8 Å². The van der Waals surface area contributed by atoms with Crippen molar-refractivity contribution in [1.82, 2.24) is 0 Å². The molecular weight excluding hydrogens is 162 g/mol. The molecule has 0 aliphatic carbocycles. The van der Waals surface area contributed by atoms with Crippen LogP contribution in [0.2, 0.25) is 0 Å². The number of carbonyl (C=O) groups excluding carboxylic acids is 1. The van der Waals surface area contributed by atoms with Crippen LogP contribution in [0.5, 0.6) is 0 Å². The molecule has 0 spiro atoms. The Labute approximate surface area is 81.4 Å². The summed E-state index contributed by atoms with van der Waals surface area (Å²) in [5.74, 6) is 0. The van der Waals surface area contributed by atoms with Gasteiger partial charge in [-0.2, -0.15) is 4.99 Å². The van der Waals surface area contributed by atoms with Gasteiger partial charge < -0.3 is 0 Å². The van der Waals surface area contributed by atoms with Crippen LogP contribution in [0, 0.1) is 0 Å². The van der Waals surface area contributed by atoms with Gasteiger partial charge in [0.25, 0.3) is 0 Å². The fraction of sp³-hybridized carbons (Fsp3) is 0.909. The van der Waals surface area contributed by atoms with E-state index in [0.717, 1.165) is 12.8 Å². The monoisotopic (exact) mass is 183 g/mol. The number of nitrogens with zero attached hydrogens (tertiary/aromatic N) is 1.